The van der Waals surface area contributed by atoms with Gasteiger partial charge in [-0.2, -0.15) is 0 Å². The van der Waals surface area contributed by atoms with Crippen LogP contribution in [-0.2, 0) is 16.9 Å². The summed E-state index contributed by atoms with van der Waals surface area (Å²) in [5, 5.41) is 11.9. The van der Waals surface area contributed by atoms with E-state index in [-0.39, 0.29) is 5.56 Å². The highest BCUT2D eigenvalue weighted by atomic mass is 19.1. The van der Waals surface area contributed by atoms with E-state index < -0.39 is 17.5 Å². The third kappa shape index (κ3) is 4.77. The van der Waals surface area contributed by atoms with E-state index in [9.17, 15) is 9.90 Å². The number of halogens is 1. The van der Waals surface area contributed by atoms with E-state index in [0.717, 1.165) is 30.4 Å². The van der Waals surface area contributed by atoms with Crippen LogP contribution in [0.15, 0.2) is 91.1 Å². The number of piperidine rings is 1. The summed E-state index contributed by atoms with van der Waals surface area (Å²) in [6, 6.07) is 25.9. The molecule has 1 saturated heterocycles. The number of hydrogen-bond acceptors (Lipinski definition) is 5. The maximum absolute atomic E-state index is 15.0. The van der Waals surface area contributed by atoms with Crippen LogP contribution in [0.4, 0.5) is 10.3 Å². The van der Waals surface area contributed by atoms with Gasteiger partial charge in [-0.25, -0.2) is 14.4 Å². The summed E-state index contributed by atoms with van der Waals surface area (Å²) in [6.45, 7) is 1.05. The lowest BCUT2D eigenvalue weighted by Gasteiger charge is -2.49. The zero-order chi connectivity index (χ0) is 26.5. The quantitative estimate of drug-likeness (QED) is 0.318. The van der Waals surface area contributed by atoms with Crippen LogP contribution in [0, 0.1) is 5.82 Å². The van der Waals surface area contributed by atoms with Gasteiger partial charge in [0.25, 0.3) is 0 Å². The maximum Gasteiger partial charge on any atom is 0.225 e. The number of benzene rings is 3. The fraction of sp³-hybridized carbons (Fsp3) is 0.258. The molecular weight excluding hydrogens is 479 g/mol. The lowest BCUT2D eigenvalue weighted by atomic mass is 9.73. The van der Waals surface area contributed by atoms with Crippen molar-refractivity contribution in [3.8, 4) is 11.3 Å². The molecule has 1 fully saturated rings. The molecule has 38 heavy (non-hydrogen) atoms. The molecule has 2 heterocycles. The molecule has 7 heteroatoms. The van der Waals surface area contributed by atoms with Gasteiger partial charge in [-0.05, 0) is 30.9 Å². The van der Waals surface area contributed by atoms with Gasteiger partial charge < -0.3 is 14.9 Å². The largest absolute Gasteiger partial charge is 0.385 e. The van der Waals surface area contributed by atoms with Crippen LogP contribution < -0.4 is 4.90 Å². The molecule has 1 aliphatic heterocycles. The Morgan fingerprint density at radius 3 is 2.42 bits per heavy atom. The second kappa shape index (κ2) is 11.1. The zero-order valence-corrected chi connectivity index (χ0v) is 21.4. The van der Waals surface area contributed by atoms with Gasteiger partial charge in [0.05, 0.1) is 5.69 Å². The number of amides is 1. The first-order chi connectivity index (χ1) is 18.5. The summed E-state index contributed by atoms with van der Waals surface area (Å²) < 4.78 is 15.0. The molecule has 0 spiro atoms. The third-order valence-corrected chi connectivity index (χ3v) is 7.39. The van der Waals surface area contributed by atoms with Gasteiger partial charge in [-0.1, -0.05) is 78.9 Å². The molecule has 3 aromatic carbocycles. The Kier molecular flexibility index (Phi) is 7.47. The summed E-state index contributed by atoms with van der Waals surface area (Å²) in [7, 11) is 1.93. The second-order valence-corrected chi connectivity index (χ2v) is 9.74. The van der Waals surface area contributed by atoms with E-state index in [2.05, 4.69) is 0 Å². The Morgan fingerprint density at radius 2 is 1.71 bits per heavy atom. The van der Waals surface area contributed by atoms with Crippen molar-refractivity contribution in [2.45, 2.75) is 37.5 Å². The maximum atomic E-state index is 15.0. The number of nitrogens with zero attached hydrogens (tertiary/aromatic N) is 4. The number of rotatable bonds is 8. The molecule has 0 bridgehead atoms. The van der Waals surface area contributed by atoms with Crippen molar-refractivity contribution in [2.24, 2.45) is 0 Å². The summed E-state index contributed by atoms with van der Waals surface area (Å²) in [5.74, 6) is -0.00218. The molecule has 2 atom stereocenters. The van der Waals surface area contributed by atoms with Crippen LogP contribution in [-0.4, -0.2) is 40.0 Å². The average Bonchev–Trinajstić information content (AvgIpc) is 2.97. The van der Waals surface area contributed by atoms with E-state index >= 15 is 4.39 Å². The lowest BCUT2D eigenvalue weighted by molar-refractivity contribution is -0.135. The van der Waals surface area contributed by atoms with Crippen LogP contribution in [0.5, 0.6) is 0 Å². The number of aliphatic hydroxyl groups is 1. The van der Waals surface area contributed by atoms with Crippen LogP contribution in [0.1, 0.15) is 42.1 Å². The SMILES string of the molecule is CN(Cc1ccccc1)c1ncc(C2(C(O)c3ccccc3F)CCCCN2C=O)c(-c2ccccc2)n1. The fourth-order valence-corrected chi connectivity index (χ4v) is 5.47. The smallest absolute Gasteiger partial charge is 0.225 e. The van der Waals surface area contributed by atoms with Gasteiger partial charge in [-0.3, -0.25) is 4.79 Å². The third-order valence-electron chi connectivity index (χ3n) is 7.39. The predicted molar refractivity (Wildman–Crippen MR) is 146 cm³/mol. The molecule has 0 radical (unpaired) electrons. The number of carbonyl (C=O) groups excluding carboxylic acids is 1. The summed E-state index contributed by atoms with van der Waals surface area (Å²) in [6.07, 6.45) is 3.16. The van der Waals surface area contributed by atoms with Crippen molar-refractivity contribution in [2.75, 3.05) is 18.5 Å². The topological polar surface area (TPSA) is 69.6 Å². The minimum Gasteiger partial charge on any atom is -0.385 e. The monoisotopic (exact) mass is 510 g/mol. The molecule has 1 amide bonds. The molecule has 0 saturated carbocycles. The van der Waals surface area contributed by atoms with Crippen molar-refractivity contribution < 1.29 is 14.3 Å². The second-order valence-electron chi connectivity index (χ2n) is 9.74. The standard InChI is InChI=1S/C31H31FN4O2/c1-35(21-23-12-4-2-5-13-23)30-33-20-26(28(34-30)24-14-6-3-7-15-24)31(18-10-11-19-36(31)22-37)29(38)25-16-8-9-17-27(25)32/h2-9,12-17,20,22,29,38H,10-11,18-19,21H2,1H3. The van der Waals surface area contributed by atoms with Crippen molar-refractivity contribution in [1.29, 1.82) is 0 Å². The van der Waals surface area contributed by atoms with Crippen molar-refractivity contribution in [1.82, 2.24) is 14.9 Å². The molecule has 6 nitrogen and oxygen atoms in total. The van der Waals surface area contributed by atoms with Crippen LogP contribution >= 0.6 is 0 Å². The number of aromatic nitrogens is 2. The van der Waals surface area contributed by atoms with E-state index in [1.807, 2.05) is 72.6 Å². The van der Waals surface area contributed by atoms with Crippen LogP contribution in [0.25, 0.3) is 11.3 Å². The molecular formula is C31H31FN4O2. The molecule has 2 unspecified atom stereocenters. The first-order valence-electron chi connectivity index (χ1n) is 12.9. The summed E-state index contributed by atoms with van der Waals surface area (Å²) in [5.41, 5.74) is 2.07. The number of likely N-dealkylation sites (tertiary alicyclic amines) is 1. The average molecular weight is 511 g/mol. The van der Waals surface area contributed by atoms with Gasteiger partial charge in [0.15, 0.2) is 0 Å². The highest BCUT2D eigenvalue weighted by molar-refractivity contribution is 5.67. The van der Waals surface area contributed by atoms with Gasteiger partial charge in [0, 0.05) is 43.0 Å². The Balaban J connectivity index is 1.68. The fourth-order valence-electron chi connectivity index (χ4n) is 5.47. The number of carbonyl (C=O) groups is 1. The van der Waals surface area contributed by atoms with Gasteiger partial charge in [0.2, 0.25) is 12.4 Å². The highest BCUT2D eigenvalue weighted by Crippen LogP contribution is 2.49. The van der Waals surface area contributed by atoms with E-state index in [1.54, 1.807) is 29.3 Å². The Labute approximate surface area is 222 Å². The molecule has 5 rings (SSSR count). The lowest BCUT2D eigenvalue weighted by Crippen LogP contribution is -2.53. The number of hydrogen-bond donors (Lipinski definition) is 1. The van der Waals surface area contributed by atoms with Gasteiger partial charge in [0.1, 0.15) is 17.5 Å². The first-order valence-corrected chi connectivity index (χ1v) is 12.9. The normalized spacial score (nSPS) is 18.1. The summed E-state index contributed by atoms with van der Waals surface area (Å²) in [4.78, 5) is 25.7. The van der Waals surface area contributed by atoms with Crippen molar-refractivity contribution >= 4 is 12.4 Å². The zero-order valence-electron chi connectivity index (χ0n) is 21.4. The van der Waals surface area contributed by atoms with Crippen molar-refractivity contribution in [3.05, 3.63) is 114 Å². The first kappa shape index (κ1) is 25.5. The van der Waals surface area contributed by atoms with E-state index in [0.29, 0.717) is 36.7 Å². The predicted octanol–water partition coefficient (Wildman–Crippen LogP) is 5.49. The van der Waals surface area contributed by atoms with Crippen LogP contribution in [0.3, 0.4) is 0 Å². The van der Waals surface area contributed by atoms with Gasteiger partial charge >= 0.3 is 0 Å². The number of anilines is 1. The molecule has 194 valence electrons. The highest BCUT2D eigenvalue weighted by Gasteiger charge is 2.49. The van der Waals surface area contributed by atoms with Gasteiger partial charge in [-0.15, -0.1) is 0 Å². The van der Waals surface area contributed by atoms with E-state index in [4.69, 9.17) is 9.97 Å². The Bertz CT molecular complexity index is 1390. The Hall–Kier alpha value is -4.10. The van der Waals surface area contributed by atoms with E-state index in [1.165, 1.54) is 6.07 Å². The number of aliphatic hydroxyl groups excluding tert-OH is 1. The van der Waals surface area contributed by atoms with Crippen LogP contribution in [0.2, 0.25) is 0 Å². The minimum absolute atomic E-state index is 0.144. The molecule has 1 aromatic heterocycles. The molecule has 0 aliphatic carbocycles. The minimum atomic E-state index is -1.31. The van der Waals surface area contributed by atoms with Crippen molar-refractivity contribution in [3.63, 3.8) is 0 Å². The summed E-state index contributed by atoms with van der Waals surface area (Å²) >= 11 is 0. The molecule has 4 aromatic rings. The Morgan fingerprint density at radius 1 is 1.03 bits per heavy atom. The molecule has 1 aliphatic rings. The molecule has 1 N–H and O–H groups in total.